The summed E-state index contributed by atoms with van der Waals surface area (Å²) < 4.78 is 10.3. The van der Waals surface area contributed by atoms with Gasteiger partial charge in [0.1, 0.15) is 17.2 Å². The summed E-state index contributed by atoms with van der Waals surface area (Å²) in [6.07, 6.45) is 0. The molecule has 25 heavy (non-hydrogen) atoms. The number of carbonyl (C=O) groups excluding carboxylic acids is 1. The summed E-state index contributed by atoms with van der Waals surface area (Å²) in [6, 6.07) is 14.5. The average molecular weight is 337 g/mol. The van der Waals surface area contributed by atoms with Crippen LogP contribution in [0, 0.1) is 6.92 Å². The summed E-state index contributed by atoms with van der Waals surface area (Å²) in [6.45, 7) is 1.86. The molecular weight excluding hydrogens is 318 g/mol. The molecule has 6 heteroatoms. The number of nitrogens with zero attached hydrogens (tertiary/aromatic N) is 1. The fourth-order valence-electron chi connectivity index (χ4n) is 2.49. The lowest BCUT2D eigenvalue weighted by Crippen LogP contribution is -2.13. The van der Waals surface area contributed by atoms with Crippen molar-refractivity contribution < 1.29 is 14.3 Å². The van der Waals surface area contributed by atoms with Crippen molar-refractivity contribution in [3.05, 3.63) is 59.8 Å². The van der Waals surface area contributed by atoms with Crippen molar-refractivity contribution in [2.75, 3.05) is 19.5 Å². The molecule has 0 aliphatic rings. The molecule has 0 bridgehead atoms. The van der Waals surface area contributed by atoms with E-state index in [1.165, 1.54) is 0 Å². The van der Waals surface area contributed by atoms with Crippen LogP contribution in [0.4, 0.5) is 5.69 Å². The zero-order valence-corrected chi connectivity index (χ0v) is 14.3. The molecule has 0 aliphatic carbocycles. The molecule has 0 spiro atoms. The molecule has 0 saturated carbocycles. The summed E-state index contributed by atoms with van der Waals surface area (Å²) in [5.74, 6) is 1.17. The molecule has 0 radical (unpaired) electrons. The summed E-state index contributed by atoms with van der Waals surface area (Å²) in [7, 11) is 3.19. The van der Waals surface area contributed by atoms with Gasteiger partial charge in [0, 0.05) is 11.1 Å². The van der Waals surface area contributed by atoms with Gasteiger partial charge < -0.3 is 14.8 Å². The number of benzene rings is 2. The Labute approximate surface area is 145 Å². The predicted molar refractivity (Wildman–Crippen MR) is 96.3 cm³/mol. The van der Waals surface area contributed by atoms with Crippen LogP contribution in [0.15, 0.2) is 48.5 Å². The van der Waals surface area contributed by atoms with Crippen LogP contribution in [0.5, 0.6) is 11.5 Å². The normalized spacial score (nSPS) is 10.4. The first-order chi connectivity index (χ1) is 12.1. The van der Waals surface area contributed by atoms with Gasteiger partial charge in [-0.25, -0.2) is 0 Å². The van der Waals surface area contributed by atoms with Gasteiger partial charge in [0.15, 0.2) is 0 Å². The number of nitrogens with one attached hydrogen (secondary N) is 2. The fraction of sp³-hybridized carbons (Fsp3) is 0.158. The molecule has 1 heterocycles. The Morgan fingerprint density at radius 2 is 1.76 bits per heavy atom. The molecular formula is C19H19N3O3. The number of methoxy groups -OCH3 is 2. The molecule has 0 unspecified atom stereocenters. The summed E-state index contributed by atoms with van der Waals surface area (Å²) in [5.41, 5.74) is 3.50. The van der Waals surface area contributed by atoms with E-state index in [2.05, 4.69) is 15.5 Å². The molecule has 2 N–H and O–H groups in total. The van der Waals surface area contributed by atoms with Gasteiger partial charge >= 0.3 is 0 Å². The van der Waals surface area contributed by atoms with Gasteiger partial charge in [-0.15, -0.1) is 0 Å². The lowest BCUT2D eigenvalue weighted by Gasteiger charge is -2.08. The Morgan fingerprint density at radius 1 is 1.04 bits per heavy atom. The van der Waals surface area contributed by atoms with Crippen molar-refractivity contribution in [1.29, 1.82) is 0 Å². The summed E-state index contributed by atoms with van der Waals surface area (Å²) >= 11 is 0. The van der Waals surface area contributed by atoms with Gasteiger partial charge in [-0.05, 0) is 49.4 Å². The molecule has 1 aromatic heterocycles. The number of amides is 1. The largest absolute Gasteiger partial charge is 0.497 e. The second-order valence-electron chi connectivity index (χ2n) is 5.49. The van der Waals surface area contributed by atoms with Gasteiger partial charge in [0.2, 0.25) is 0 Å². The van der Waals surface area contributed by atoms with Gasteiger partial charge in [0.05, 0.1) is 25.6 Å². The van der Waals surface area contributed by atoms with E-state index in [9.17, 15) is 4.79 Å². The standard InChI is InChI=1S/C19H19N3O3/c1-12-17(20-19(23)14-5-4-6-16(11-14)25-3)18(22-21-12)13-7-9-15(24-2)10-8-13/h4-11H,1-3H3,(H,20,23)(H,21,22). The lowest BCUT2D eigenvalue weighted by molar-refractivity contribution is 0.102. The first-order valence-electron chi connectivity index (χ1n) is 7.77. The van der Waals surface area contributed by atoms with E-state index in [4.69, 9.17) is 9.47 Å². The smallest absolute Gasteiger partial charge is 0.255 e. The number of aromatic nitrogens is 2. The molecule has 2 aromatic carbocycles. The van der Waals surface area contributed by atoms with E-state index in [1.54, 1.807) is 38.5 Å². The van der Waals surface area contributed by atoms with E-state index >= 15 is 0 Å². The van der Waals surface area contributed by atoms with Crippen molar-refractivity contribution in [1.82, 2.24) is 10.2 Å². The molecule has 0 aliphatic heterocycles. The van der Waals surface area contributed by atoms with Crippen molar-refractivity contribution in [3.63, 3.8) is 0 Å². The zero-order chi connectivity index (χ0) is 17.8. The Balaban J connectivity index is 1.89. The van der Waals surface area contributed by atoms with Crippen molar-refractivity contribution in [2.45, 2.75) is 6.92 Å². The first kappa shape index (κ1) is 16.6. The lowest BCUT2D eigenvalue weighted by atomic mass is 10.1. The van der Waals surface area contributed by atoms with Gasteiger partial charge in [0.25, 0.3) is 5.91 Å². The highest BCUT2D eigenvalue weighted by molar-refractivity contribution is 6.06. The van der Waals surface area contributed by atoms with Crippen LogP contribution in [0.25, 0.3) is 11.3 Å². The summed E-state index contributed by atoms with van der Waals surface area (Å²) in [5, 5.41) is 10.2. The Kier molecular flexibility index (Phi) is 4.70. The van der Waals surface area contributed by atoms with Crippen molar-refractivity contribution in [2.24, 2.45) is 0 Å². The highest BCUT2D eigenvalue weighted by Gasteiger charge is 2.16. The van der Waals surface area contributed by atoms with Gasteiger partial charge in [-0.3, -0.25) is 9.89 Å². The minimum Gasteiger partial charge on any atom is -0.497 e. The number of rotatable bonds is 5. The quantitative estimate of drug-likeness (QED) is 0.745. The average Bonchev–Trinajstić information content (AvgIpc) is 3.02. The Bertz CT molecular complexity index is 885. The molecule has 3 aromatic rings. The van der Waals surface area contributed by atoms with Crippen molar-refractivity contribution in [3.8, 4) is 22.8 Å². The van der Waals surface area contributed by atoms with Crippen LogP contribution in [0.2, 0.25) is 0 Å². The van der Waals surface area contributed by atoms with Crippen LogP contribution in [0.1, 0.15) is 16.1 Å². The molecule has 0 atom stereocenters. The second kappa shape index (κ2) is 7.09. The zero-order valence-electron chi connectivity index (χ0n) is 14.3. The molecule has 1 amide bonds. The summed E-state index contributed by atoms with van der Waals surface area (Å²) in [4.78, 5) is 12.6. The van der Waals surface area contributed by atoms with Crippen molar-refractivity contribution >= 4 is 11.6 Å². The van der Waals surface area contributed by atoms with E-state index in [0.717, 1.165) is 17.0 Å². The van der Waals surface area contributed by atoms with Gasteiger partial charge in [-0.2, -0.15) is 5.10 Å². The number of aromatic amines is 1. The highest BCUT2D eigenvalue weighted by atomic mass is 16.5. The van der Waals surface area contributed by atoms with Crippen LogP contribution in [-0.2, 0) is 0 Å². The molecule has 128 valence electrons. The number of aryl methyl sites for hydroxylation is 1. The first-order valence-corrected chi connectivity index (χ1v) is 7.77. The number of ether oxygens (including phenoxy) is 2. The number of H-pyrrole nitrogens is 1. The number of anilines is 1. The molecule has 6 nitrogen and oxygen atoms in total. The maximum Gasteiger partial charge on any atom is 0.255 e. The third kappa shape index (κ3) is 3.47. The van der Waals surface area contributed by atoms with E-state index < -0.39 is 0 Å². The SMILES string of the molecule is COc1ccc(-c2n[nH]c(C)c2NC(=O)c2cccc(OC)c2)cc1. The second-order valence-corrected chi connectivity index (χ2v) is 5.49. The third-order valence-corrected chi connectivity index (χ3v) is 3.88. The highest BCUT2D eigenvalue weighted by Crippen LogP contribution is 2.30. The Hall–Kier alpha value is -3.28. The molecule has 0 fully saturated rings. The predicted octanol–water partition coefficient (Wildman–Crippen LogP) is 3.65. The van der Waals surface area contributed by atoms with E-state index in [0.29, 0.717) is 22.7 Å². The third-order valence-electron chi connectivity index (χ3n) is 3.88. The van der Waals surface area contributed by atoms with Crippen LogP contribution < -0.4 is 14.8 Å². The fourth-order valence-corrected chi connectivity index (χ4v) is 2.49. The minimum atomic E-state index is -0.224. The van der Waals surface area contributed by atoms with Gasteiger partial charge in [-0.1, -0.05) is 6.07 Å². The maximum absolute atomic E-state index is 12.6. The van der Waals surface area contributed by atoms with E-state index in [1.807, 2.05) is 31.2 Å². The van der Waals surface area contributed by atoms with E-state index in [-0.39, 0.29) is 5.91 Å². The molecule has 3 rings (SSSR count). The molecule has 0 saturated heterocycles. The maximum atomic E-state index is 12.6. The van der Waals surface area contributed by atoms with Crippen LogP contribution in [0.3, 0.4) is 0 Å². The number of hydrogen-bond donors (Lipinski definition) is 2. The van der Waals surface area contributed by atoms with Crippen LogP contribution in [-0.4, -0.2) is 30.3 Å². The number of carbonyl (C=O) groups is 1. The topological polar surface area (TPSA) is 76.2 Å². The monoisotopic (exact) mass is 337 g/mol. The number of hydrogen-bond acceptors (Lipinski definition) is 4. The van der Waals surface area contributed by atoms with Crippen LogP contribution >= 0.6 is 0 Å². The Morgan fingerprint density at radius 3 is 2.44 bits per heavy atom. The minimum absolute atomic E-state index is 0.224.